The van der Waals surface area contributed by atoms with E-state index in [-0.39, 0.29) is 5.56 Å². The highest BCUT2D eigenvalue weighted by molar-refractivity contribution is 5.31. The monoisotopic (exact) mass is 197 g/mol. The van der Waals surface area contributed by atoms with Crippen molar-refractivity contribution < 1.29 is 8.78 Å². The molecule has 2 rings (SSSR count). The Hall–Kier alpha value is -0.960. The smallest absolute Gasteiger partial charge is 0.290 e. The minimum Gasteiger partial charge on any atom is -0.320 e. The molecule has 0 bridgehead atoms. The van der Waals surface area contributed by atoms with Crippen LogP contribution in [0.3, 0.4) is 0 Å². The third kappa shape index (κ3) is 1.32. The average Bonchev–Trinajstić information content (AvgIpc) is 2.85. The van der Waals surface area contributed by atoms with Crippen LogP contribution in [0.2, 0.25) is 0 Å². The Morgan fingerprint density at radius 1 is 1.36 bits per heavy atom. The van der Waals surface area contributed by atoms with Crippen molar-refractivity contribution in [1.82, 2.24) is 0 Å². The van der Waals surface area contributed by atoms with E-state index >= 15 is 0 Å². The van der Waals surface area contributed by atoms with Gasteiger partial charge in [-0.3, -0.25) is 0 Å². The van der Waals surface area contributed by atoms with Gasteiger partial charge in [0.25, 0.3) is 5.92 Å². The SMILES string of the molecule is Cc1cccc(C(F)(F)C2(N)CC2)c1. The number of benzene rings is 1. The van der Waals surface area contributed by atoms with E-state index in [2.05, 4.69) is 0 Å². The van der Waals surface area contributed by atoms with E-state index in [1.807, 2.05) is 0 Å². The van der Waals surface area contributed by atoms with Gasteiger partial charge in [-0.05, 0) is 19.8 Å². The zero-order valence-corrected chi connectivity index (χ0v) is 8.06. The van der Waals surface area contributed by atoms with E-state index in [0.29, 0.717) is 12.8 Å². The van der Waals surface area contributed by atoms with E-state index in [4.69, 9.17) is 5.73 Å². The summed E-state index contributed by atoms with van der Waals surface area (Å²) in [6.07, 6.45) is 0.821. The first-order valence-electron chi connectivity index (χ1n) is 4.70. The van der Waals surface area contributed by atoms with E-state index in [0.717, 1.165) is 5.56 Å². The maximum atomic E-state index is 13.8. The molecule has 1 nitrogen and oxygen atoms in total. The Kier molecular flexibility index (Phi) is 1.89. The van der Waals surface area contributed by atoms with Gasteiger partial charge in [0, 0.05) is 5.56 Å². The molecule has 0 radical (unpaired) electrons. The predicted molar refractivity (Wildman–Crippen MR) is 51.2 cm³/mol. The molecule has 1 aromatic carbocycles. The first kappa shape index (κ1) is 9.59. The number of alkyl halides is 2. The van der Waals surface area contributed by atoms with Gasteiger partial charge in [0.05, 0.1) is 5.54 Å². The van der Waals surface area contributed by atoms with Crippen LogP contribution in [0.4, 0.5) is 8.78 Å². The molecule has 2 N–H and O–H groups in total. The predicted octanol–water partition coefficient (Wildman–Crippen LogP) is 2.58. The Bertz CT molecular complexity index is 356. The lowest BCUT2D eigenvalue weighted by Gasteiger charge is -2.23. The van der Waals surface area contributed by atoms with Crippen LogP contribution in [0.25, 0.3) is 0 Å². The lowest BCUT2D eigenvalue weighted by Crippen LogP contribution is -2.41. The van der Waals surface area contributed by atoms with Crippen molar-refractivity contribution in [2.24, 2.45) is 5.73 Å². The van der Waals surface area contributed by atoms with Crippen molar-refractivity contribution >= 4 is 0 Å². The second-order valence-electron chi connectivity index (χ2n) is 4.10. The van der Waals surface area contributed by atoms with Crippen LogP contribution in [0.5, 0.6) is 0 Å². The van der Waals surface area contributed by atoms with E-state index in [9.17, 15) is 8.78 Å². The standard InChI is InChI=1S/C11H13F2N/c1-8-3-2-4-9(7-8)11(12,13)10(14)5-6-10/h2-4,7H,5-6,14H2,1H3. The first-order valence-corrected chi connectivity index (χ1v) is 4.70. The van der Waals surface area contributed by atoms with Gasteiger partial charge in [-0.1, -0.05) is 29.8 Å². The summed E-state index contributed by atoms with van der Waals surface area (Å²) >= 11 is 0. The van der Waals surface area contributed by atoms with Gasteiger partial charge in [0.2, 0.25) is 0 Å². The van der Waals surface area contributed by atoms with Gasteiger partial charge in [-0.15, -0.1) is 0 Å². The third-order valence-corrected chi connectivity index (χ3v) is 2.79. The van der Waals surface area contributed by atoms with Crippen molar-refractivity contribution in [1.29, 1.82) is 0 Å². The van der Waals surface area contributed by atoms with Crippen molar-refractivity contribution in [2.75, 3.05) is 0 Å². The molecule has 0 saturated heterocycles. The van der Waals surface area contributed by atoms with Crippen LogP contribution in [0.1, 0.15) is 24.0 Å². The molecular formula is C11H13F2N. The lowest BCUT2D eigenvalue weighted by atomic mass is 9.98. The van der Waals surface area contributed by atoms with Crippen LogP contribution < -0.4 is 5.73 Å². The first-order chi connectivity index (χ1) is 6.46. The summed E-state index contributed by atoms with van der Waals surface area (Å²) < 4.78 is 27.6. The Balaban J connectivity index is 2.38. The molecular weight excluding hydrogens is 184 g/mol. The molecule has 1 aliphatic rings. The summed E-state index contributed by atoms with van der Waals surface area (Å²) in [5.41, 5.74) is 5.14. The molecule has 0 aliphatic heterocycles. The summed E-state index contributed by atoms with van der Waals surface area (Å²) in [5.74, 6) is -2.89. The molecule has 14 heavy (non-hydrogen) atoms. The van der Waals surface area contributed by atoms with Crippen LogP contribution in [-0.2, 0) is 5.92 Å². The minimum atomic E-state index is -2.89. The molecule has 0 atom stereocenters. The molecule has 1 aliphatic carbocycles. The summed E-state index contributed by atoms with van der Waals surface area (Å²) in [6.45, 7) is 1.80. The molecule has 0 amide bonds. The van der Waals surface area contributed by atoms with Gasteiger partial charge in [0.1, 0.15) is 0 Å². The molecule has 1 fully saturated rings. The topological polar surface area (TPSA) is 26.0 Å². The molecule has 1 aromatic rings. The average molecular weight is 197 g/mol. The maximum Gasteiger partial charge on any atom is 0.290 e. The third-order valence-electron chi connectivity index (χ3n) is 2.79. The molecule has 3 heteroatoms. The highest BCUT2D eigenvalue weighted by atomic mass is 19.3. The van der Waals surface area contributed by atoms with Gasteiger partial charge >= 0.3 is 0 Å². The van der Waals surface area contributed by atoms with Crippen LogP contribution in [0, 0.1) is 6.92 Å². The number of nitrogens with two attached hydrogens (primary N) is 1. The zero-order chi connectivity index (χ0) is 10.4. The Morgan fingerprint density at radius 3 is 2.50 bits per heavy atom. The highest BCUT2D eigenvalue weighted by Crippen LogP contribution is 2.51. The molecule has 1 saturated carbocycles. The maximum absolute atomic E-state index is 13.8. The van der Waals surface area contributed by atoms with Crippen LogP contribution in [0.15, 0.2) is 24.3 Å². The normalized spacial score (nSPS) is 19.4. The summed E-state index contributed by atoms with van der Waals surface area (Å²) in [6, 6.07) is 6.40. The summed E-state index contributed by atoms with van der Waals surface area (Å²) in [7, 11) is 0. The number of hydrogen-bond donors (Lipinski definition) is 1. The zero-order valence-electron chi connectivity index (χ0n) is 8.06. The molecule has 0 spiro atoms. The second-order valence-corrected chi connectivity index (χ2v) is 4.10. The van der Waals surface area contributed by atoms with E-state index < -0.39 is 11.5 Å². The van der Waals surface area contributed by atoms with Crippen molar-refractivity contribution in [3.8, 4) is 0 Å². The van der Waals surface area contributed by atoms with Crippen molar-refractivity contribution in [3.63, 3.8) is 0 Å². The lowest BCUT2D eigenvalue weighted by molar-refractivity contribution is -0.0421. The number of aryl methyl sites for hydroxylation is 1. The molecule has 0 unspecified atom stereocenters. The number of rotatable bonds is 2. The second kappa shape index (κ2) is 2.76. The van der Waals surface area contributed by atoms with Crippen LogP contribution >= 0.6 is 0 Å². The summed E-state index contributed by atoms with van der Waals surface area (Å²) in [5, 5.41) is 0. The number of hydrogen-bond acceptors (Lipinski definition) is 1. The fourth-order valence-electron chi connectivity index (χ4n) is 1.58. The van der Waals surface area contributed by atoms with E-state index in [1.54, 1.807) is 19.1 Å². The van der Waals surface area contributed by atoms with E-state index in [1.165, 1.54) is 12.1 Å². The minimum absolute atomic E-state index is 0.0394. The summed E-state index contributed by atoms with van der Waals surface area (Å²) in [4.78, 5) is 0. The Labute approximate surface area is 81.9 Å². The quantitative estimate of drug-likeness (QED) is 0.774. The molecule has 0 aromatic heterocycles. The van der Waals surface area contributed by atoms with Crippen molar-refractivity contribution in [3.05, 3.63) is 35.4 Å². The highest BCUT2D eigenvalue weighted by Gasteiger charge is 2.60. The molecule has 0 heterocycles. The van der Waals surface area contributed by atoms with Gasteiger partial charge in [0.15, 0.2) is 0 Å². The van der Waals surface area contributed by atoms with Gasteiger partial charge in [-0.2, -0.15) is 8.78 Å². The fourth-order valence-corrected chi connectivity index (χ4v) is 1.58. The molecule has 76 valence electrons. The number of halogens is 2. The van der Waals surface area contributed by atoms with Gasteiger partial charge < -0.3 is 5.73 Å². The Morgan fingerprint density at radius 2 is 2.00 bits per heavy atom. The fraction of sp³-hybridized carbons (Fsp3) is 0.455. The van der Waals surface area contributed by atoms with Crippen molar-refractivity contribution in [2.45, 2.75) is 31.2 Å². The van der Waals surface area contributed by atoms with Crippen LogP contribution in [-0.4, -0.2) is 5.54 Å². The van der Waals surface area contributed by atoms with Gasteiger partial charge in [-0.25, -0.2) is 0 Å². The largest absolute Gasteiger partial charge is 0.320 e.